The SMILES string of the molecule is Cc1ccc(CN2C[C@]34C=C[C@H](O3)[C@H](C(=O)N(C)Cc3ccno3)[C@@H]4C2=O)cc1C. The third kappa shape index (κ3) is 2.88. The van der Waals surface area contributed by atoms with Crippen molar-refractivity contribution in [2.75, 3.05) is 13.6 Å². The molecule has 7 nitrogen and oxygen atoms in total. The van der Waals surface area contributed by atoms with E-state index >= 15 is 0 Å². The number of aryl methyl sites for hydroxylation is 2. The molecule has 0 N–H and O–H groups in total. The lowest BCUT2D eigenvalue weighted by Crippen LogP contribution is -2.44. The lowest BCUT2D eigenvalue weighted by molar-refractivity contribution is -0.143. The van der Waals surface area contributed by atoms with Crippen LogP contribution < -0.4 is 0 Å². The van der Waals surface area contributed by atoms with Gasteiger partial charge >= 0.3 is 0 Å². The number of benzene rings is 1. The number of fused-ring (bicyclic) bond motifs is 1. The van der Waals surface area contributed by atoms with Gasteiger partial charge in [-0.25, -0.2) is 0 Å². The molecule has 156 valence electrons. The number of nitrogens with zero attached hydrogens (tertiary/aromatic N) is 3. The molecular weight excluding hydrogens is 382 g/mol. The summed E-state index contributed by atoms with van der Waals surface area (Å²) in [6.45, 7) is 5.46. The summed E-state index contributed by atoms with van der Waals surface area (Å²) < 4.78 is 11.3. The number of ether oxygens (including phenoxy) is 1. The Labute approximate surface area is 175 Å². The van der Waals surface area contributed by atoms with Crippen molar-refractivity contribution in [3.05, 3.63) is 65.1 Å². The van der Waals surface area contributed by atoms with Crippen LogP contribution in [0.15, 0.2) is 47.1 Å². The summed E-state index contributed by atoms with van der Waals surface area (Å²) in [4.78, 5) is 30.1. The maximum absolute atomic E-state index is 13.4. The van der Waals surface area contributed by atoms with Gasteiger partial charge in [0.1, 0.15) is 5.60 Å². The number of rotatable bonds is 5. The fourth-order valence-electron chi connectivity index (χ4n) is 5.01. The fourth-order valence-corrected chi connectivity index (χ4v) is 5.01. The molecular formula is C23H25N3O4. The van der Waals surface area contributed by atoms with Crippen LogP contribution in [-0.2, 0) is 27.4 Å². The van der Waals surface area contributed by atoms with E-state index in [4.69, 9.17) is 9.26 Å². The van der Waals surface area contributed by atoms with Crippen molar-refractivity contribution in [3.63, 3.8) is 0 Å². The molecule has 30 heavy (non-hydrogen) atoms. The molecule has 0 radical (unpaired) electrons. The predicted octanol–water partition coefficient (Wildman–Crippen LogP) is 2.23. The molecule has 2 bridgehead atoms. The molecule has 2 aromatic rings. The van der Waals surface area contributed by atoms with E-state index in [1.165, 1.54) is 11.1 Å². The molecule has 3 aliphatic heterocycles. The molecule has 2 saturated heterocycles. The predicted molar refractivity (Wildman–Crippen MR) is 108 cm³/mol. The molecule has 0 aliphatic carbocycles. The summed E-state index contributed by atoms with van der Waals surface area (Å²) in [7, 11) is 1.72. The lowest BCUT2D eigenvalue weighted by atomic mass is 9.76. The topological polar surface area (TPSA) is 75.9 Å². The van der Waals surface area contributed by atoms with E-state index in [1.807, 2.05) is 17.1 Å². The highest BCUT2D eigenvalue weighted by Gasteiger charge is 2.67. The van der Waals surface area contributed by atoms with Gasteiger partial charge in [0.05, 0.1) is 37.2 Å². The summed E-state index contributed by atoms with van der Waals surface area (Å²) in [5.74, 6) is -0.501. The quantitative estimate of drug-likeness (QED) is 0.711. The second-order valence-corrected chi connectivity index (χ2v) is 8.69. The van der Waals surface area contributed by atoms with Gasteiger partial charge in [0.25, 0.3) is 0 Å². The zero-order valence-electron chi connectivity index (χ0n) is 17.4. The monoisotopic (exact) mass is 407 g/mol. The van der Waals surface area contributed by atoms with E-state index in [0.717, 1.165) is 5.56 Å². The van der Waals surface area contributed by atoms with Crippen LogP contribution in [0.4, 0.5) is 0 Å². The molecule has 1 aromatic heterocycles. The summed E-state index contributed by atoms with van der Waals surface area (Å²) in [5, 5.41) is 3.69. The second-order valence-electron chi connectivity index (χ2n) is 8.69. The van der Waals surface area contributed by atoms with Crippen LogP contribution in [0, 0.1) is 25.7 Å². The van der Waals surface area contributed by atoms with Crippen LogP contribution in [0.2, 0.25) is 0 Å². The third-order valence-corrected chi connectivity index (χ3v) is 6.67. The van der Waals surface area contributed by atoms with Crippen molar-refractivity contribution in [1.82, 2.24) is 15.0 Å². The standard InChI is InChI=1S/C23H25N3O4/c1-14-4-5-16(10-15(14)2)11-26-13-23-8-6-18(29-23)19(20(23)22(26)28)21(27)25(3)12-17-7-9-24-30-17/h4-10,18-20H,11-13H2,1-3H3/t18-,19-,20+,23-/m0/s1. The van der Waals surface area contributed by atoms with Crippen LogP contribution >= 0.6 is 0 Å². The average Bonchev–Trinajstić information content (AvgIpc) is 3.47. The first-order chi connectivity index (χ1) is 14.4. The molecule has 2 fully saturated rings. The minimum Gasteiger partial charge on any atom is -0.360 e. The van der Waals surface area contributed by atoms with E-state index in [-0.39, 0.29) is 17.9 Å². The molecule has 1 aromatic carbocycles. The largest absolute Gasteiger partial charge is 0.360 e. The summed E-state index contributed by atoms with van der Waals surface area (Å²) in [6, 6.07) is 7.99. The first kappa shape index (κ1) is 19.1. The van der Waals surface area contributed by atoms with Gasteiger partial charge in [-0.3, -0.25) is 9.59 Å². The van der Waals surface area contributed by atoms with Gasteiger partial charge in [-0.2, -0.15) is 0 Å². The van der Waals surface area contributed by atoms with Crippen LogP contribution in [-0.4, -0.2) is 52.1 Å². The van der Waals surface area contributed by atoms with Crippen molar-refractivity contribution in [3.8, 4) is 0 Å². The molecule has 3 aliphatic rings. The zero-order chi connectivity index (χ0) is 21.0. The van der Waals surface area contributed by atoms with Gasteiger partial charge in [-0.1, -0.05) is 35.5 Å². The van der Waals surface area contributed by atoms with Gasteiger partial charge < -0.3 is 19.1 Å². The summed E-state index contributed by atoms with van der Waals surface area (Å²) in [6.07, 6.45) is 5.12. The molecule has 1 spiro atoms. The highest BCUT2D eigenvalue weighted by atomic mass is 16.5. The van der Waals surface area contributed by atoms with E-state index in [2.05, 4.69) is 37.2 Å². The fraction of sp³-hybridized carbons (Fsp3) is 0.435. The Morgan fingerprint density at radius 2 is 2.13 bits per heavy atom. The van der Waals surface area contributed by atoms with Crippen molar-refractivity contribution in [1.29, 1.82) is 0 Å². The third-order valence-electron chi connectivity index (χ3n) is 6.67. The number of carbonyl (C=O) groups excluding carboxylic acids is 2. The lowest BCUT2D eigenvalue weighted by Gasteiger charge is -2.27. The Morgan fingerprint density at radius 3 is 2.87 bits per heavy atom. The summed E-state index contributed by atoms with van der Waals surface area (Å²) in [5.41, 5.74) is 2.82. The van der Waals surface area contributed by atoms with Crippen molar-refractivity contribution in [2.24, 2.45) is 11.8 Å². The Kier molecular flexibility index (Phi) is 4.32. The van der Waals surface area contributed by atoms with Crippen LogP contribution in [0.1, 0.15) is 22.5 Å². The molecule has 7 heteroatoms. The Morgan fingerprint density at radius 1 is 1.30 bits per heavy atom. The molecule has 0 unspecified atom stereocenters. The molecule has 5 rings (SSSR count). The Balaban J connectivity index is 1.36. The van der Waals surface area contributed by atoms with Crippen molar-refractivity contribution < 1.29 is 18.8 Å². The van der Waals surface area contributed by atoms with Gasteiger partial charge in [0.15, 0.2) is 5.76 Å². The Hall–Kier alpha value is -2.93. The Bertz CT molecular complexity index is 1030. The molecule has 0 saturated carbocycles. The first-order valence-corrected chi connectivity index (χ1v) is 10.2. The zero-order valence-corrected chi connectivity index (χ0v) is 17.4. The minimum absolute atomic E-state index is 0.00788. The number of hydrogen-bond donors (Lipinski definition) is 0. The molecule has 4 heterocycles. The highest BCUT2D eigenvalue weighted by molar-refractivity contribution is 5.93. The van der Waals surface area contributed by atoms with Crippen molar-refractivity contribution >= 4 is 11.8 Å². The van der Waals surface area contributed by atoms with Crippen LogP contribution in [0.5, 0.6) is 0 Å². The number of aromatic nitrogens is 1. The average molecular weight is 407 g/mol. The van der Waals surface area contributed by atoms with Crippen LogP contribution in [0.3, 0.4) is 0 Å². The minimum atomic E-state index is -0.700. The second kappa shape index (κ2) is 6.80. The van der Waals surface area contributed by atoms with Gasteiger partial charge in [0.2, 0.25) is 11.8 Å². The highest BCUT2D eigenvalue weighted by Crippen LogP contribution is 2.52. The summed E-state index contributed by atoms with van der Waals surface area (Å²) >= 11 is 0. The molecule has 2 amide bonds. The smallest absolute Gasteiger partial charge is 0.230 e. The van der Waals surface area contributed by atoms with E-state index in [9.17, 15) is 9.59 Å². The number of likely N-dealkylation sites (tertiary alicyclic amines) is 1. The maximum atomic E-state index is 13.4. The number of amides is 2. The maximum Gasteiger partial charge on any atom is 0.230 e. The van der Waals surface area contributed by atoms with Gasteiger partial charge in [-0.05, 0) is 30.5 Å². The number of carbonyl (C=O) groups is 2. The van der Waals surface area contributed by atoms with Crippen molar-refractivity contribution in [2.45, 2.75) is 38.6 Å². The first-order valence-electron chi connectivity index (χ1n) is 10.2. The van der Waals surface area contributed by atoms with Crippen LogP contribution in [0.25, 0.3) is 0 Å². The van der Waals surface area contributed by atoms with E-state index < -0.39 is 17.4 Å². The van der Waals surface area contributed by atoms with Gasteiger partial charge in [-0.15, -0.1) is 0 Å². The normalized spacial score (nSPS) is 29.0. The van der Waals surface area contributed by atoms with Gasteiger partial charge in [0, 0.05) is 19.7 Å². The van der Waals surface area contributed by atoms with E-state index in [1.54, 1.807) is 24.2 Å². The number of hydrogen-bond acceptors (Lipinski definition) is 5. The van der Waals surface area contributed by atoms with E-state index in [0.29, 0.717) is 25.4 Å². The molecule has 4 atom stereocenters.